The third-order valence-corrected chi connectivity index (χ3v) is 1.99. The third-order valence-electron chi connectivity index (χ3n) is 1.99. The number of aliphatic hydroxyl groups excluding tert-OH is 3. The molecule has 0 aliphatic heterocycles. The van der Waals surface area contributed by atoms with Gasteiger partial charge in [-0.3, -0.25) is 0 Å². The molecule has 6 nitrogen and oxygen atoms in total. The fourth-order valence-corrected chi connectivity index (χ4v) is 0.681. The molecule has 0 amide bonds. The first-order valence-corrected chi connectivity index (χ1v) is 4.35. The van der Waals surface area contributed by atoms with Crippen LogP contribution in [0, 0.1) is 5.41 Å². The molecule has 4 N–H and O–H groups in total. The first-order valence-electron chi connectivity index (χ1n) is 4.35. The third kappa shape index (κ3) is 4.28. The van der Waals surface area contributed by atoms with Gasteiger partial charge in [-0.05, 0) is 6.92 Å². The van der Waals surface area contributed by atoms with Crippen molar-refractivity contribution in [3.8, 4) is 0 Å². The Balaban J connectivity index is 4.23. The van der Waals surface area contributed by atoms with Crippen molar-refractivity contribution < 1.29 is 30.0 Å². The van der Waals surface area contributed by atoms with Gasteiger partial charge in [-0.1, -0.05) is 0 Å². The Bertz CT molecular complexity index is 222. The van der Waals surface area contributed by atoms with Gasteiger partial charge < -0.3 is 25.2 Å². The summed E-state index contributed by atoms with van der Waals surface area (Å²) < 4.78 is 4.87. The second kappa shape index (κ2) is 6.39. The van der Waals surface area contributed by atoms with E-state index in [-0.39, 0.29) is 12.2 Å². The van der Waals surface area contributed by atoms with Crippen molar-refractivity contribution in [3.05, 3.63) is 11.8 Å². The predicted octanol–water partition coefficient (Wildman–Crippen LogP) is -1.05. The lowest BCUT2D eigenvalue weighted by atomic mass is 9.93. The van der Waals surface area contributed by atoms with Crippen LogP contribution in [-0.2, 0) is 9.53 Å². The summed E-state index contributed by atoms with van der Waals surface area (Å²) in [7, 11) is 0. The van der Waals surface area contributed by atoms with Crippen LogP contribution < -0.4 is 0 Å². The van der Waals surface area contributed by atoms with Gasteiger partial charge in [0.25, 0.3) is 0 Å². The van der Waals surface area contributed by atoms with Crippen LogP contribution in [0.4, 0.5) is 0 Å². The highest BCUT2D eigenvalue weighted by molar-refractivity contribution is 5.85. The summed E-state index contributed by atoms with van der Waals surface area (Å²) in [6, 6.07) is 0. The van der Waals surface area contributed by atoms with Crippen molar-refractivity contribution in [1.82, 2.24) is 0 Å². The second-order valence-electron chi connectivity index (χ2n) is 3.39. The summed E-state index contributed by atoms with van der Waals surface area (Å²) >= 11 is 0. The van der Waals surface area contributed by atoms with Gasteiger partial charge in [-0.15, -0.1) is 0 Å². The largest absolute Gasteiger partial charge is 0.500 e. The van der Waals surface area contributed by atoms with Gasteiger partial charge >= 0.3 is 5.97 Å². The van der Waals surface area contributed by atoms with Crippen molar-refractivity contribution in [2.45, 2.75) is 6.92 Å². The number of ether oxygens (including phenoxy) is 1. The van der Waals surface area contributed by atoms with Crippen LogP contribution in [0.25, 0.3) is 0 Å². The van der Waals surface area contributed by atoms with E-state index in [2.05, 4.69) is 0 Å². The Kier molecular flexibility index (Phi) is 5.92. The molecule has 0 aromatic rings. The average molecular weight is 220 g/mol. The van der Waals surface area contributed by atoms with E-state index in [9.17, 15) is 4.79 Å². The SMILES string of the molecule is CC(=COCC(CO)(CO)CO)C(=O)O. The van der Waals surface area contributed by atoms with Gasteiger partial charge in [0, 0.05) is 0 Å². The van der Waals surface area contributed by atoms with Crippen LogP contribution in [0.1, 0.15) is 6.92 Å². The highest BCUT2D eigenvalue weighted by atomic mass is 16.5. The standard InChI is InChI=1S/C9H16O6/c1-7(8(13)14)2-15-6-9(3-10,4-11)5-12/h2,10-12H,3-6H2,1H3,(H,13,14). The molecule has 0 radical (unpaired) electrons. The number of aliphatic hydroxyl groups is 3. The number of aliphatic carboxylic acids is 1. The Hall–Kier alpha value is -1.11. The summed E-state index contributed by atoms with van der Waals surface area (Å²) in [5.41, 5.74) is -1.15. The molecular formula is C9H16O6. The molecule has 0 bridgehead atoms. The Morgan fingerprint density at radius 1 is 1.27 bits per heavy atom. The summed E-state index contributed by atoms with van der Waals surface area (Å²) in [4.78, 5) is 10.4. The molecule has 0 aromatic heterocycles. The zero-order valence-corrected chi connectivity index (χ0v) is 8.51. The molecule has 0 saturated heterocycles. The monoisotopic (exact) mass is 220 g/mol. The van der Waals surface area contributed by atoms with E-state index in [1.807, 2.05) is 0 Å². The fourth-order valence-electron chi connectivity index (χ4n) is 0.681. The van der Waals surface area contributed by atoms with Crippen molar-refractivity contribution in [2.75, 3.05) is 26.4 Å². The van der Waals surface area contributed by atoms with Crippen LogP contribution in [0.5, 0.6) is 0 Å². The Labute approximate surface area is 87.4 Å². The maximum atomic E-state index is 10.4. The van der Waals surface area contributed by atoms with Gasteiger partial charge in [0.05, 0.1) is 43.7 Å². The van der Waals surface area contributed by atoms with Gasteiger partial charge in [-0.25, -0.2) is 4.79 Å². The second-order valence-corrected chi connectivity index (χ2v) is 3.39. The molecule has 0 aliphatic carbocycles. The van der Waals surface area contributed by atoms with Crippen molar-refractivity contribution in [2.24, 2.45) is 5.41 Å². The minimum atomic E-state index is -1.14. The van der Waals surface area contributed by atoms with Crippen molar-refractivity contribution in [1.29, 1.82) is 0 Å². The van der Waals surface area contributed by atoms with Crippen LogP contribution in [0.15, 0.2) is 11.8 Å². The summed E-state index contributed by atoms with van der Waals surface area (Å²) in [5, 5.41) is 35.2. The van der Waals surface area contributed by atoms with E-state index in [4.69, 9.17) is 25.2 Å². The van der Waals surface area contributed by atoms with Crippen molar-refractivity contribution in [3.63, 3.8) is 0 Å². The highest BCUT2D eigenvalue weighted by Gasteiger charge is 2.28. The Morgan fingerprint density at radius 3 is 2.07 bits per heavy atom. The van der Waals surface area contributed by atoms with E-state index in [0.29, 0.717) is 0 Å². The molecule has 6 heteroatoms. The number of rotatable bonds is 7. The molecule has 0 heterocycles. The number of carbonyl (C=O) groups is 1. The van der Waals surface area contributed by atoms with Gasteiger partial charge in [0.15, 0.2) is 0 Å². The summed E-state index contributed by atoms with van der Waals surface area (Å²) in [5.74, 6) is -1.11. The number of carboxylic acid groups (broad SMARTS) is 1. The zero-order valence-electron chi connectivity index (χ0n) is 8.51. The molecule has 0 fully saturated rings. The summed E-state index contributed by atoms with van der Waals surface area (Å²) in [6.45, 7) is -0.137. The normalized spacial score (nSPS) is 12.7. The molecule has 0 aliphatic rings. The first-order chi connectivity index (χ1) is 7.01. The van der Waals surface area contributed by atoms with Gasteiger partial charge in [-0.2, -0.15) is 0 Å². The lowest BCUT2D eigenvalue weighted by Crippen LogP contribution is -2.38. The quantitative estimate of drug-likeness (QED) is 0.322. The highest BCUT2D eigenvalue weighted by Crippen LogP contribution is 2.15. The molecule has 15 heavy (non-hydrogen) atoms. The molecule has 0 unspecified atom stereocenters. The average Bonchev–Trinajstić information content (AvgIpc) is 2.24. The minimum absolute atomic E-state index is 0.00211. The van der Waals surface area contributed by atoms with Crippen LogP contribution >= 0.6 is 0 Å². The first kappa shape index (κ1) is 13.9. The van der Waals surface area contributed by atoms with E-state index >= 15 is 0 Å². The molecule has 88 valence electrons. The van der Waals surface area contributed by atoms with Crippen LogP contribution in [-0.4, -0.2) is 52.8 Å². The molecule has 0 aromatic carbocycles. The van der Waals surface area contributed by atoms with Crippen LogP contribution in [0.3, 0.4) is 0 Å². The predicted molar refractivity (Wildman–Crippen MR) is 51.0 cm³/mol. The lowest BCUT2D eigenvalue weighted by molar-refractivity contribution is -0.132. The van der Waals surface area contributed by atoms with E-state index < -0.39 is 31.2 Å². The lowest BCUT2D eigenvalue weighted by Gasteiger charge is -2.26. The molecule has 0 atom stereocenters. The zero-order chi connectivity index (χ0) is 11.9. The maximum absolute atomic E-state index is 10.4. The fraction of sp³-hybridized carbons (Fsp3) is 0.667. The molecular weight excluding hydrogens is 204 g/mol. The van der Waals surface area contributed by atoms with E-state index in [1.165, 1.54) is 6.92 Å². The molecule has 0 saturated carbocycles. The van der Waals surface area contributed by atoms with Gasteiger partial charge in [0.1, 0.15) is 0 Å². The number of hydrogen-bond donors (Lipinski definition) is 4. The number of hydrogen-bond acceptors (Lipinski definition) is 5. The molecule has 0 rings (SSSR count). The molecule has 0 spiro atoms. The Morgan fingerprint density at radius 2 is 1.73 bits per heavy atom. The number of carboxylic acids is 1. The van der Waals surface area contributed by atoms with Crippen molar-refractivity contribution >= 4 is 5.97 Å². The van der Waals surface area contributed by atoms with E-state index in [1.54, 1.807) is 0 Å². The summed E-state index contributed by atoms with van der Waals surface area (Å²) in [6.07, 6.45) is 1.01. The van der Waals surface area contributed by atoms with E-state index in [0.717, 1.165) is 6.26 Å². The minimum Gasteiger partial charge on any atom is -0.500 e. The topological polar surface area (TPSA) is 107 Å². The smallest absolute Gasteiger partial charge is 0.334 e. The van der Waals surface area contributed by atoms with Crippen LogP contribution in [0.2, 0.25) is 0 Å². The van der Waals surface area contributed by atoms with Gasteiger partial charge in [0.2, 0.25) is 0 Å². The maximum Gasteiger partial charge on any atom is 0.334 e.